The summed E-state index contributed by atoms with van der Waals surface area (Å²) in [5.74, 6) is -6.25. The summed E-state index contributed by atoms with van der Waals surface area (Å²) in [4.78, 5) is 40.9. The first-order chi connectivity index (χ1) is 15.8. The molecule has 0 aliphatic heterocycles. The second-order valence-electron chi connectivity index (χ2n) is 8.65. The van der Waals surface area contributed by atoms with Gasteiger partial charge < -0.3 is 20.3 Å². The Morgan fingerprint density at radius 1 is 1.18 bits per heavy atom. The van der Waals surface area contributed by atoms with Crippen LogP contribution >= 0.6 is 11.6 Å². The van der Waals surface area contributed by atoms with Crippen molar-refractivity contribution in [2.45, 2.75) is 38.9 Å². The molecule has 180 valence electrons. The van der Waals surface area contributed by atoms with Crippen molar-refractivity contribution < 1.29 is 32.7 Å². The maximum atomic E-state index is 14.4. The van der Waals surface area contributed by atoms with Crippen molar-refractivity contribution in [3.8, 4) is 0 Å². The molecule has 2 aromatic carbocycles. The number of amides is 2. The van der Waals surface area contributed by atoms with E-state index in [1.807, 2.05) is 0 Å². The highest BCUT2D eigenvalue weighted by Crippen LogP contribution is 2.35. The smallest absolute Gasteiger partial charge is 0.352 e. The molecule has 0 saturated carbocycles. The number of benzene rings is 2. The van der Waals surface area contributed by atoms with Crippen LogP contribution in [0.4, 0.5) is 13.2 Å². The minimum atomic E-state index is -1.64. The normalized spacial score (nSPS) is 12.4. The third kappa shape index (κ3) is 5.01. The number of hydrogen-bond acceptors (Lipinski definition) is 3. The van der Waals surface area contributed by atoms with Gasteiger partial charge in [0.1, 0.15) is 17.6 Å². The molecule has 1 unspecified atom stereocenters. The van der Waals surface area contributed by atoms with Crippen LogP contribution in [0.25, 0.3) is 10.9 Å². The number of carbonyl (C=O) groups excluding carboxylic acids is 2. The summed E-state index contributed by atoms with van der Waals surface area (Å²) in [7, 11) is 0. The van der Waals surface area contributed by atoms with Gasteiger partial charge in [-0.3, -0.25) is 9.59 Å². The summed E-state index contributed by atoms with van der Waals surface area (Å²) in [5, 5.41) is 13.0. The summed E-state index contributed by atoms with van der Waals surface area (Å²) in [5.41, 5.74) is -1.87. The van der Waals surface area contributed by atoms with Gasteiger partial charge in [0.05, 0.1) is 6.54 Å². The van der Waals surface area contributed by atoms with Gasteiger partial charge in [-0.25, -0.2) is 18.0 Å². The van der Waals surface area contributed by atoms with Crippen LogP contribution in [0.3, 0.4) is 0 Å². The standard InChI is InChI=1S/C23H21ClF3N3O4/c1-23(2,3)29-21(32)20(30(10-31)9-13-14(25)6-7-15(26)18(13)27)17-12-5-4-11(24)8-16(12)28-19(17)22(33)34/h4-8,10,20,28H,9H2,1-3H3,(H,29,32)(H,33,34). The van der Waals surface area contributed by atoms with Crippen LogP contribution in [0.15, 0.2) is 30.3 Å². The number of carbonyl (C=O) groups is 3. The summed E-state index contributed by atoms with van der Waals surface area (Å²) in [6.45, 7) is 4.13. The zero-order valence-electron chi connectivity index (χ0n) is 18.4. The molecular formula is C23H21ClF3N3O4. The first-order valence-corrected chi connectivity index (χ1v) is 10.4. The van der Waals surface area contributed by atoms with Gasteiger partial charge in [-0.1, -0.05) is 17.7 Å². The summed E-state index contributed by atoms with van der Waals surface area (Å²) in [6.07, 6.45) is 0.150. The highest BCUT2D eigenvalue weighted by atomic mass is 35.5. The van der Waals surface area contributed by atoms with E-state index in [0.717, 1.165) is 0 Å². The predicted octanol–water partition coefficient (Wildman–Crippen LogP) is 4.55. The van der Waals surface area contributed by atoms with Crippen LogP contribution in [0.1, 0.15) is 48.4 Å². The van der Waals surface area contributed by atoms with E-state index >= 15 is 0 Å². The zero-order valence-corrected chi connectivity index (χ0v) is 19.1. The molecule has 0 radical (unpaired) electrons. The van der Waals surface area contributed by atoms with E-state index in [-0.39, 0.29) is 27.9 Å². The maximum Gasteiger partial charge on any atom is 0.352 e. The van der Waals surface area contributed by atoms with Gasteiger partial charge in [-0.2, -0.15) is 0 Å². The highest BCUT2D eigenvalue weighted by Gasteiger charge is 2.36. The van der Waals surface area contributed by atoms with Crippen molar-refractivity contribution in [3.63, 3.8) is 0 Å². The van der Waals surface area contributed by atoms with Gasteiger partial charge in [-0.05, 0) is 45.0 Å². The molecule has 7 nitrogen and oxygen atoms in total. The number of fused-ring (bicyclic) bond motifs is 1. The number of hydrogen-bond donors (Lipinski definition) is 3. The van der Waals surface area contributed by atoms with Crippen LogP contribution in [-0.2, 0) is 16.1 Å². The third-order valence-corrected chi connectivity index (χ3v) is 5.22. The monoisotopic (exact) mass is 495 g/mol. The topological polar surface area (TPSA) is 102 Å². The number of H-pyrrole nitrogens is 1. The fraction of sp³-hybridized carbons (Fsp3) is 0.261. The highest BCUT2D eigenvalue weighted by molar-refractivity contribution is 6.31. The maximum absolute atomic E-state index is 14.4. The molecule has 1 aromatic heterocycles. The van der Waals surface area contributed by atoms with Crippen molar-refractivity contribution >= 4 is 40.8 Å². The van der Waals surface area contributed by atoms with E-state index in [9.17, 15) is 32.7 Å². The molecule has 34 heavy (non-hydrogen) atoms. The lowest BCUT2D eigenvalue weighted by molar-refractivity contribution is -0.134. The van der Waals surface area contributed by atoms with E-state index in [4.69, 9.17) is 11.6 Å². The Morgan fingerprint density at radius 2 is 1.82 bits per heavy atom. The number of carboxylic acid groups (broad SMARTS) is 1. The Kier molecular flexibility index (Phi) is 6.92. The number of rotatable bonds is 7. The molecule has 3 rings (SSSR count). The molecule has 1 heterocycles. The van der Waals surface area contributed by atoms with Crippen LogP contribution in [0, 0.1) is 17.5 Å². The molecule has 0 bridgehead atoms. The average Bonchev–Trinajstić information content (AvgIpc) is 3.10. The van der Waals surface area contributed by atoms with Gasteiger partial charge in [0.2, 0.25) is 12.3 Å². The molecule has 0 spiro atoms. The van der Waals surface area contributed by atoms with Gasteiger partial charge in [0.25, 0.3) is 0 Å². The van der Waals surface area contributed by atoms with Crippen LogP contribution < -0.4 is 5.32 Å². The van der Waals surface area contributed by atoms with E-state index < -0.39 is 58.7 Å². The number of aromatic amines is 1. The van der Waals surface area contributed by atoms with Gasteiger partial charge in [0.15, 0.2) is 11.6 Å². The summed E-state index contributed by atoms with van der Waals surface area (Å²) >= 11 is 6.00. The zero-order chi connectivity index (χ0) is 25.4. The Hall–Kier alpha value is -3.53. The molecule has 2 amide bonds. The van der Waals surface area contributed by atoms with Gasteiger partial charge >= 0.3 is 5.97 Å². The van der Waals surface area contributed by atoms with E-state index in [1.54, 1.807) is 20.8 Å². The largest absolute Gasteiger partial charge is 0.477 e. The van der Waals surface area contributed by atoms with Crippen molar-refractivity contribution in [3.05, 3.63) is 69.6 Å². The number of nitrogens with zero attached hydrogens (tertiary/aromatic N) is 1. The summed E-state index contributed by atoms with van der Waals surface area (Å²) in [6, 6.07) is 4.00. The van der Waals surface area contributed by atoms with Crippen molar-refractivity contribution in [1.29, 1.82) is 0 Å². The SMILES string of the molecule is CC(C)(C)NC(=O)C(c1c(C(=O)O)[nH]c2cc(Cl)ccc12)N(C=O)Cc1c(F)ccc(F)c1F. The molecular weight excluding hydrogens is 475 g/mol. The molecule has 11 heteroatoms. The minimum absolute atomic E-state index is 0.120. The second kappa shape index (κ2) is 9.38. The fourth-order valence-corrected chi connectivity index (χ4v) is 3.79. The number of halogens is 4. The van der Waals surface area contributed by atoms with Crippen molar-refractivity contribution in [1.82, 2.24) is 15.2 Å². The Labute approximate surface area is 197 Å². The van der Waals surface area contributed by atoms with Crippen molar-refractivity contribution in [2.75, 3.05) is 0 Å². The summed E-state index contributed by atoms with van der Waals surface area (Å²) < 4.78 is 42.5. The lowest BCUT2D eigenvalue weighted by atomic mass is 9.98. The fourth-order valence-electron chi connectivity index (χ4n) is 3.62. The average molecular weight is 496 g/mol. The van der Waals surface area contributed by atoms with Crippen LogP contribution in [0.5, 0.6) is 0 Å². The third-order valence-electron chi connectivity index (χ3n) is 4.98. The van der Waals surface area contributed by atoms with Gasteiger partial charge in [-0.15, -0.1) is 0 Å². The number of aromatic nitrogens is 1. The Bertz CT molecular complexity index is 1290. The van der Waals surface area contributed by atoms with E-state index in [0.29, 0.717) is 17.0 Å². The minimum Gasteiger partial charge on any atom is -0.477 e. The molecule has 0 aliphatic carbocycles. The second-order valence-corrected chi connectivity index (χ2v) is 9.09. The van der Waals surface area contributed by atoms with Crippen LogP contribution in [-0.4, -0.2) is 38.8 Å². The van der Waals surface area contributed by atoms with Crippen LogP contribution in [0.2, 0.25) is 5.02 Å². The van der Waals surface area contributed by atoms with Gasteiger partial charge in [0, 0.05) is 32.6 Å². The lowest BCUT2D eigenvalue weighted by Gasteiger charge is -2.31. The first-order valence-electron chi connectivity index (χ1n) is 10.0. The molecule has 3 aromatic rings. The van der Waals surface area contributed by atoms with Crippen molar-refractivity contribution in [2.24, 2.45) is 0 Å². The van der Waals surface area contributed by atoms with E-state index in [1.165, 1.54) is 18.2 Å². The number of carboxylic acids is 1. The molecule has 0 saturated heterocycles. The molecule has 0 aliphatic rings. The first kappa shape index (κ1) is 25.1. The number of nitrogens with one attached hydrogen (secondary N) is 2. The number of aromatic carboxylic acids is 1. The Balaban J connectivity index is 2.25. The predicted molar refractivity (Wildman–Crippen MR) is 119 cm³/mol. The van der Waals surface area contributed by atoms with E-state index in [2.05, 4.69) is 10.3 Å². The Morgan fingerprint density at radius 3 is 2.41 bits per heavy atom. The quantitative estimate of drug-likeness (QED) is 0.330. The lowest BCUT2D eigenvalue weighted by Crippen LogP contribution is -2.47. The molecule has 3 N–H and O–H groups in total. The molecule has 1 atom stereocenters. The molecule has 0 fully saturated rings.